The zero-order valence-electron chi connectivity index (χ0n) is 32.2. The summed E-state index contributed by atoms with van der Waals surface area (Å²) in [5.41, 5.74) is 12.1. The van der Waals surface area contributed by atoms with Crippen molar-refractivity contribution in [1.29, 1.82) is 0 Å². The highest BCUT2D eigenvalue weighted by Gasteiger charge is 2.16. The van der Waals surface area contributed by atoms with E-state index in [1.807, 2.05) is 140 Å². The van der Waals surface area contributed by atoms with Crippen LogP contribution in [0, 0.1) is 0 Å². The van der Waals surface area contributed by atoms with Crippen LogP contribution in [-0.4, -0.2) is 39.9 Å². The molecule has 0 aliphatic rings. The van der Waals surface area contributed by atoms with Crippen LogP contribution in [0.25, 0.3) is 102 Å². The molecule has 8 heteroatoms. The molecule has 0 aliphatic heterocycles. The molecule has 0 saturated carbocycles. The molecule has 0 aliphatic carbocycles. The molecule has 0 atom stereocenters. The van der Waals surface area contributed by atoms with Crippen molar-refractivity contribution in [1.82, 2.24) is 39.9 Å². The van der Waals surface area contributed by atoms with Crippen molar-refractivity contribution >= 4 is 0 Å². The van der Waals surface area contributed by atoms with Gasteiger partial charge in [0.05, 0.1) is 34.2 Å². The lowest BCUT2D eigenvalue weighted by molar-refractivity contribution is 1.07. The Bertz CT molecular complexity index is 2730. The van der Waals surface area contributed by atoms with E-state index in [0.717, 1.165) is 67.3 Å². The summed E-state index contributed by atoms with van der Waals surface area (Å²) < 4.78 is 0. The molecular weight excluding hydrogens is 737 g/mol. The van der Waals surface area contributed by atoms with E-state index in [-0.39, 0.29) is 0 Å². The fourth-order valence-electron chi connectivity index (χ4n) is 6.99. The molecule has 60 heavy (non-hydrogen) atoms. The minimum absolute atomic E-state index is 0.593. The lowest BCUT2D eigenvalue weighted by Crippen LogP contribution is -2.00. The van der Waals surface area contributed by atoms with Crippen LogP contribution in [0.2, 0.25) is 0 Å². The topological polar surface area (TPSA) is 103 Å². The van der Waals surface area contributed by atoms with Crippen molar-refractivity contribution in [3.05, 3.63) is 207 Å². The minimum atomic E-state index is 0.593. The van der Waals surface area contributed by atoms with Gasteiger partial charge in [-0.1, -0.05) is 152 Å². The van der Waals surface area contributed by atoms with Crippen LogP contribution in [0.3, 0.4) is 0 Å². The second kappa shape index (κ2) is 16.2. The molecule has 5 aromatic carbocycles. The SMILES string of the molecule is c1ccc(-c2cc(-c3ccccc3)nc(-c3ccc(-c4cc(-c5ccc(-c6nc(-c7ccccc7)nc(-c7ccccc7)n6)cc5)cc(-c5ccccn5)n4)nc3)n2)cc1. The number of benzene rings is 5. The summed E-state index contributed by atoms with van der Waals surface area (Å²) in [6.07, 6.45) is 3.60. The third-order valence-corrected chi connectivity index (χ3v) is 10.1. The maximum Gasteiger partial charge on any atom is 0.164 e. The molecule has 5 heterocycles. The predicted molar refractivity (Wildman–Crippen MR) is 238 cm³/mol. The Morgan fingerprint density at radius 2 is 0.633 bits per heavy atom. The monoisotopic (exact) mass is 770 g/mol. The Hall–Kier alpha value is -8.36. The van der Waals surface area contributed by atoms with Gasteiger partial charge in [-0.15, -0.1) is 0 Å². The van der Waals surface area contributed by atoms with Crippen LogP contribution in [0.4, 0.5) is 0 Å². The van der Waals surface area contributed by atoms with Gasteiger partial charge in [-0.2, -0.15) is 0 Å². The zero-order chi connectivity index (χ0) is 40.1. The standard InChI is InChI=1S/C52H34N8/c1-5-15-36(16-6-1)45-33-46(37-17-7-2-8-18-37)57-52(56-45)41-28-29-44(54-34-41)48-32-42(31-47(55-48)43-23-13-14-30-53-43)35-24-26-40(27-25-35)51-59-49(38-19-9-3-10-20-38)58-50(60-51)39-21-11-4-12-22-39/h1-34H. The summed E-state index contributed by atoms with van der Waals surface area (Å²) in [4.78, 5) is 39.3. The van der Waals surface area contributed by atoms with Crippen LogP contribution < -0.4 is 0 Å². The molecule has 0 saturated heterocycles. The van der Waals surface area contributed by atoms with Crippen LogP contribution in [0.15, 0.2) is 207 Å². The van der Waals surface area contributed by atoms with Gasteiger partial charge < -0.3 is 0 Å². The zero-order valence-corrected chi connectivity index (χ0v) is 32.2. The van der Waals surface area contributed by atoms with Gasteiger partial charge >= 0.3 is 0 Å². The quantitative estimate of drug-likeness (QED) is 0.143. The Kier molecular flexibility index (Phi) is 9.75. The number of hydrogen-bond acceptors (Lipinski definition) is 8. The number of rotatable bonds is 9. The molecule has 282 valence electrons. The number of hydrogen-bond donors (Lipinski definition) is 0. The smallest absolute Gasteiger partial charge is 0.164 e. The highest BCUT2D eigenvalue weighted by molar-refractivity contribution is 5.78. The van der Waals surface area contributed by atoms with E-state index in [1.165, 1.54) is 0 Å². The molecule has 5 aromatic heterocycles. The first-order valence-corrected chi connectivity index (χ1v) is 19.6. The Morgan fingerprint density at radius 3 is 1.10 bits per heavy atom. The summed E-state index contributed by atoms with van der Waals surface area (Å²) in [6.45, 7) is 0. The first-order valence-electron chi connectivity index (χ1n) is 19.6. The summed E-state index contributed by atoms with van der Waals surface area (Å²) in [6, 6.07) is 64.5. The second-order valence-electron chi connectivity index (χ2n) is 14.1. The van der Waals surface area contributed by atoms with Crippen LogP contribution >= 0.6 is 0 Å². The molecule has 0 radical (unpaired) electrons. The highest BCUT2D eigenvalue weighted by atomic mass is 15.0. The molecule has 0 fully saturated rings. The summed E-state index contributed by atoms with van der Waals surface area (Å²) in [5, 5.41) is 0. The molecule has 10 rings (SSSR count). The van der Waals surface area contributed by atoms with Crippen LogP contribution in [-0.2, 0) is 0 Å². The van der Waals surface area contributed by atoms with Gasteiger partial charge in [-0.25, -0.2) is 29.9 Å². The van der Waals surface area contributed by atoms with Crippen molar-refractivity contribution in [3.8, 4) is 102 Å². The number of nitrogens with zero attached hydrogens (tertiary/aromatic N) is 8. The normalized spacial score (nSPS) is 11.0. The van der Waals surface area contributed by atoms with E-state index in [0.29, 0.717) is 34.7 Å². The first kappa shape index (κ1) is 36.0. The molecular formula is C52H34N8. The Balaban J connectivity index is 1.01. The Morgan fingerprint density at radius 1 is 0.217 bits per heavy atom. The van der Waals surface area contributed by atoms with Crippen molar-refractivity contribution in [3.63, 3.8) is 0 Å². The fourth-order valence-corrected chi connectivity index (χ4v) is 6.99. The molecule has 0 N–H and O–H groups in total. The van der Waals surface area contributed by atoms with Crippen molar-refractivity contribution in [2.45, 2.75) is 0 Å². The third kappa shape index (κ3) is 7.68. The summed E-state index contributed by atoms with van der Waals surface area (Å²) in [7, 11) is 0. The van der Waals surface area contributed by atoms with Gasteiger partial charge in [0.25, 0.3) is 0 Å². The molecule has 0 bridgehead atoms. The van der Waals surface area contributed by atoms with Gasteiger partial charge in [0.1, 0.15) is 0 Å². The van der Waals surface area contributed by atoms with Crippen molar-refractivity contribution in [2.24, 2.45) is 0 Å². The predicted octanol–water partition coefficient (Wildman–Crippen LogP) is 11.8. The average Bonchev–Trinajstić information content (AvgIpc) is 3.35. The van der Waals surface area contributed by atoms with Gasteiger partial charge in [-0.05, 0) is 53.6 Å². The molecule has 0 spiro atoms. The first-order chi connectivity index (χ1) is 29.7. The van der Waals surface area contributed by atoms with Crippen LogP contribution in [0.1, 0.15) is 0 Å². The van der Waals surface area contributed by atoms with E-state index in [2.05, 4.69) is 65.6 Å². The Labute approximate surface area is 347 Å². The second-order valence-corrected chi connectivity index (χ2v) is 14.1. The van der Waals surface area contributed by atoms with Gasteiger partial charge in [0.15, 0.2) is 23.3 Å². The van der Waals surface area contributed by atoms with E-state index in [9.17, 15) is 0 Å². The van der Waals surface area contributed by atoms with E-state index >= 15 is 0 Å². The van der Waals surface area contributed by atoms with Crippen LogP contribution in [0.5, 0.6) is 0 Å². The van der Waals surface area contributed by atoms with Crippen molar-refractivity contribution < 1.29 is 0 Å². The molecule has 0 amide bonds. The van der Waals surface area contributed by atoms with E-state index < -0.39 is 0 Å². The minimum Gasteiger partial charge on any atom is -0.255 e. The van der Waals surface area contributed by atoms with E-state index in [4.69, 9.17) is 34.9 Å². The average molecular weight is 771 g/mol. The summed E-state index contributed by atoms with van der Waals surface area (Å²) >= 11 is 0. The lowest BCUT2D eigenvalue weighted by atomic mass is 10.0. The summed E-state index contributed by atoms with van der Waals surface area (Å²) in [5.74, 6) is 2.42. The third-order valence-electron chi connectivity index (χ3n) is 10.1. The lowest BCUT2D eigenvalue weighted by Gasteiger charge is -2.12. The number of aromatic nitrogens is 8. The largest absolute Gasteiger partial charge is 0.255 e. The maximum absolute atomic E-state index is 5.07. The molecule has 10 aromatic rings. The fraction of sp³-hybridized carbons (Fsp3) is 0. The number of pyridine rings is 3. The molecule has 8 nitrogen and oxygen atoms in total. The van der Waals surface area contributed by atoms with Gasteiger partial charge in [0, 0.05) is 45.8 Å². The van der Waals surface area contributed by atoms with Crippen molar-refractivity contribution in [2.75, 3.05) is 0 Å². The highest BCUT2D eigenvalue weighted by Crippen LogP contribution is 2.33. The van der Waals surface area contributed by atoms with Gasteiger partial charge in [0.2, 0.25) is 0 Å². The maximum atomic E-state index is 5.07. The molecule has 0 unspecified atom stereocenters. The van der Waals surface area contributed by atoms with Gasteiger partial charge in [-0.3, -0.25) is 9.97 Å². The van der Waals surface area contributed by atoms with E-state index in [1.54, 1.807) is 6.20 Å².